The molecule has 35 heavy (non-hydrogen) atoms. The summed E-state index contributed by atoms with van der Waals surface area (Å²) in [7, 11) is 1.25. The van der Waals surface area contributed by atoms with Crippen molar-refractivity contribution in [2.24, 2.45) is 0 Å². The van der Waals surface area contributed by atoms with Crippen LogP contribution in [0.1, 0.15) is 22.4 Å². The number of ether oxygens (including phenoxy) is 2. The standard InChI is InChI=1S/C29H22N2O4/c1-17-8-12-19(13-9-17)26-27(31-22-7-5-4-6-21(22)30-26)25-28(33)23(16-24(32)34-3)35-29(25)20-14-10-18(2)11-15-20/h4-16H,1-3H3. The zero-order valence-electron chi connectivity index (χ0n) is 19.5. The number of carbonyl (C=O) groups excluding carboxylic acids is 2. The molecule has 0 saturated carbocycles. The lowest BCUT2D eigenvalue weighted by Crippen LogP contribution is -2.07. The second kappa shape index (κ2) is 8.99. The van der Waals surface area contributed by atoms with Gasteiger partial charge in [-0.05, 0) is 26.0 Å². The van der Waals surface area contributed by atoms with Crippen LogP contribution >= 0.6 is 0 Å². The molecule has 1 aliphatic rings. The summed E-state index contributed by atoms with van der Waals surface area (Å²) in [4.78, 5) is 35.4. The van der Waals surface area contributed by atoms with Crippen molar-refractivity contribution >= 4 is 34.1 Å². The molecule has 0 fully saturated rings. The first-order valence-corrected chi connectivity index (χ1v) is 11.1. The van der Waals surface area contributed by atoms with Gasteiger partial charge in [0.2, 0.25) is 5.78 Å². The van der Waals surface area contributed by atoms with Crippen molar-refractivity contribution in [2.75, 3.05) is 7.11 Å². The maximum atomic E-state index is 13.7. The molecule has 0 amide bonds. The SMILES string of the molecule is COC(=O)C=C1OC(c2ccc(C)cc2)=C(c2nc3ccccc3nc2-c2ccc(C)cc2)C1=O. The second-order valence-corrected chi connectivity index (χ2v) is 8.31. The number of rotatable bonds is 4. The van der Waals surface area contributed by atoms with Gasteiger partial charge in [-0.15, -0.1) is 0 Å². The predicted molar refractivity (Wildman–Crippen MR) is 134 cm³/mol. The average Bonchev–Trinajstić information content (AvgIpc) is 3.19. The van der Waals surface area contributed by atoms with Crippen molar-refractivity contribution in [2.45, 2.75) is 13.8 Å². The fraction of sp³-hybridized carbons (Fsp3) is 0.103. The van der Waals surface area contributed by atoms with E-state index in [1.54, 1.807) is 0 Å². The molecule has 172 valence electrons. The maximum Gasteiger partial charge on any atom is 0.334 e. The summed E-state index contributed by atoms with van der Waals surface area (Å²) < 4.78 is 10.7. The fourth-order valence-electron chi connectivity index (χ4n) is 3.90. The van der Waals surface area contributed by atoms with Gasteiger partial charge in [0, 0.05) is 11.1 Å². The summed E-state index contributed by atoms with van der Waals surface area (Å²) in [5, 5.41) is 0. The van der Waals surface area contributed by atoms with Crippen LogP contribution in [-0.2, 0) is 19.1 Å². The van der Waals surface area contributed by atoms with Crippen molar-refractivity contribution in [3.63, 3.8) is 0 Å². The molecule has 0 bridgehead atoms. The van der Waals surface area contributed by atoms with Gasteiger partial charge in [0.1, 0.15) is 11.5 Å². The molecule has 4 aromatic rings. The minimum atomic E-state index is -0.679. The largest absolute Gasteiger partial charge is 0.466 e. The van der Waals surface area contributed by atoms with Gasteiger partial charge in [0.15, 0.2) is 5.76 Å². The zero-order chi connectivity index (χ0) is 24.5. The molecule has 0 saturated heterocycles. The molecule has 0 spiro atoms. The van der Waals surface area contributed by atoms with Crippen LogP contribution < -0.4 is 0 Å². The van der Waals surface area contributed by atoms with Gasteiger partial charge >= 0.3 is 5.97 Å². The van der Waals surface area contributed by atoms with Crippen molar-refractivity contribution in [3.8, 4) is 11.3 Å². The summed E-state index contributed by atoms with van der Waals surface area (Å²) in [5.41, 5.74) is 6.23. The number of hydrogen-bond donors (Lipinski definition) is 0. The van der Waals surface area contributed by atoms with Gasteiger partial charge in [-0.3, -0.25) is 4.79 Å². The highest BCUT2D eigenvalue weighted by Gasteiger charge is 2.36. The number of carbonyl (C=O) groups is 2. The first-order chi connectivity index (χ1) is 16.9. The molecule has 0 N–H and O–H groups in total. The quantitative estimate of drug-likeness (QED) is 0.297. The monoisotopic (exact) mass is 462 g/mol. The fourth-order valence-corrected chi connectivity index (χ4v) is 3.90. The second-order valence-electron chi connectivity index (χ2n) is 8.31. The third-order valence-corrected chi connectivity index (χ3v) is 5.79. The van der Waals surface area contributed by atoms with E-state index in [4.69, 9.17) is 19.4 Å². The van der Waals surface area contributed by atoms with Crippen molar-refractivity contribution < 1.29 is 19.1 Å². The number of methoxy groups -OCH3 is 1. The predicted octanol–water partition coefficient (Wildman–Crippen LogP) is 5.44. The van der Waals surface area contributed by atoms with Crippen LogP contribution in [0.25, 0.3) is 33.6 Å². The van der Waals surface area contributed by atoms with Crippen LogP contribution in [-0.4, -0.2) is 28.8 Å². The topological polar surface area (TPSA) is 78.4 Å². The smallest absolute Gasteiger partial charge is 0.334 e. The third kappa shape index (κ3) is 4.22. The zero-order valence-corrected chi connectivity index (χ0v) is 19.5. The van der Waals surface area contributed by atoms with Gasteiger partial charge in [-0.1, -0.05) is 71.8 Å². The molecule has 1 aliphatic heterocycles. The lowest BCUT2D eigenvalue weighted by atomic mass is 9.97. The van der Waals surface area contributed by atoms with Crippen LogP contribution in [0, 0.1) is 13.8 Å². The molecular formula is C29H22N2O4. The van der Waals surface area contributed by atoms with Gasteiger partial charge < -0.3 is 9.47 Å². The number of fused-ring (bicyclic) bond motifs is 1. The van der Waals surface area contributed by atoms with Crippen molar-refractivity contribution in [1.29, 1.82) is 0 Å². The highest BCUT2D eigenvalue weighted by molar-refractivity contribution is 6.37. The van der Waals surface area contributed by atoms with Crippen LogP contribution in [0.4, 0.5) is 0 Å². The molecule has 6 heteroatoms. The number of nitrogens with zero attached hydrogens (tertiary/aromatic N) is 2. The Morgan fingerprint density at radius 1 is 0.800 bits per heavy atom. The summed E-state index contributed by atoms with van der Waals surface area (Å²) in [5.74, 6) is -0.930. The number of aromatic nitrogens is 2. The Bertz CT molecular complexity index is 1530. The highest BCUT2D eigenvalue weighted by atomic mass is 16.5. The molecule has 1 aromatic heterocycles. The number of aryl methyl sites for hydroxylation is 2. The molecule has 5 rings (SSSR count). The third-order valence-electron chi connectivity index (χ3n) is 5.79. The molecule has 0 atom stereocenters. The summed E-state index contributed by atoms with van der Waals surface area (Å²) in [6.45, 7) is 3.99. The Morgan fingerprint density at radius 3 is 1.91 bits per heavy atom. The molecule has 2 heterocycles. The van der Waals surface area contributed by atoms with E-state index < -0.39 is 11.8 Å². The van der Waals surface area contributed by atoms with E-state index in [0.717, 1.165) is 22.8 Å². The Morgan fingerprint density at radius 2 is 1.34 bits per heavy atom. The molecule has 0 radical (unpaired) electrons. The number of ketones is 1. The van der Waals surface area contributed by atoms with Gasteiger partial charge in [0.05, 0.1) is 35.5 Å². The van der Waals surface area contributed by atoms with E-state index in [2.05, 4.69) is 0 Å². The van der Waals surface area contributed by atoms with Gasteiger partial charge in [-0.2, -0.15) is 0 Å². The lowest BCUT2D eigenvalue weighted by Gasteiger charge is -2.12. The van der Waals surface area contributed by atoms with E-state index in [9.17, 15) is 9.59 Å². The summed E-state index contributed by atoms with van der Waals surface area (Å²) in [6.07, 6.45) is 1.06. The van der Waals surface area contributed by atoms with Crippen LogP contribution in [0.15, 0.2) is 84.6 Å². The van der Waals surface area contributed by atoms with E-state index in [0.29, 0.717) is 33.7 Å². The van der Waals surface area contributed by atoms with Crippen LogP contribution in [0.5, 0.6) is 0 Å². The maximum absolute atomic E-state index is 13.7. The van der Waals surface area contributed by atoms with Crippen molar-refractivity contribution in [3.05, 3.63) is 107 Å². The molecular weight excluding hydrogens is 440 g/mol. The lowest BCUT2D eigenvalue weighted by molar-refractivity contribution is -0.135. The first-order valence-electron chi connectivity index (χ1n) is 11.1. The first kappa shape index (κ1) is 22.2. The average molecular weight is 463 g/mol. The van der Waals surface area contributed by atoms with Gasteiger partial charge in [0.25, 0.3) is 0 Å². The number of benzene rings is 3. The molecule has 3 aromatic carbocycles. The summed E-state index contributed by atoms with van der Waals surface area (Å²) >= 11 is 0. The van der Waals surface area contributed by atoms with E-state index >= 15 is 0 Å². The summed E-state index contributed by atoms with van der Waals surface area (Å²) in [6, 6.07) is 23.0. The number of allylic oxidation sites excluding steroid dienone is 1. The number of esters is 1. The number of hydrogen-bond acceptors (Lipinski definition) is 6. The van der Waals surface area contributed by atoms with Gasteiger partial charge in [-0.25, -0.2) is 14.8 Å². The Balaban J connectivity index is 1.81. The van der Waals surface area contributed by atoms with E-state index in [1.165, 1.54) is 7.11 Å². The number of Topliss-reactive ketones (excluding diaryl/α,β-unsaturated/α-hetero) is 1. The normalized spacial score (nSPS) is 14.5. The number of para-hydroxylation sites is 2. The van der Waals surface area contributed by atoms with E-state index in [-0.39, 0.29) is 11.3 Å². The minimum absolute atomic E-state index is 0.118. The van der Waals surface area contributed by atoms with Crippen LogP contribution in [0.3, 0.4) is 0 Å². The molecule has 0 aliphatic carbocycles. The molecule has 0 unspecified atom stereocenters. The van der Waals surface area contributed by atoms with Crippen molar-refractivity contribution in [1.82, 2.24) is 9.97 Å². The van der Waals surface area contributed by atoms with E-state index in [1.807, 2.05) is 86.6 Å². The Hall–Kier alpha value is -4.58. The minimum Gasteiger partial charge on any atom is -0.466 e. The Labute approximate surface area is 202 Å². The highest BCUT2D eigenvalue weighted by Crippen LogP contribution is 2.41. The molecule has 6 nitrogen and oxygen atoms in total. The Kier molecular flexibility index (Phi) is 5.71. The van der Waals surface area contributed by atoms with Crippen LogP contribution in [0.2, 0.25) is 0 Å².